The molecule has 2 heterocycles. The van der Waals surface area contributed by atoms with E-state index in [0.717, 1.165) is 18.4 Å². The number of hydrogen-bond donors (Lipinski definition) is 3. The predicted octanol–water partition coefficient (Wildman–Crippen LogP) is 4.93. The summed E-state index contributed by atoms with van der Waals surface area (Å²) in [4.78, 5) is 41.7. The number of hydrogen-bond acceptors (Lipinski definition) is 6. The fourth-order valence-electron chi connectivity index (χ4n) is 4.66. The van der Waals surface area contributed by atoms with Crippen molar-refractivity contribution in [1.82, 2.24) is 14.8 Å². The Labute approximate surface area is 215 Å². The van der Waals surface area contributed by atoms with E-state index < -0.39 is 30.0 Å². The SMILES string of the molecule is Cc1nc(-c2cnn(C)c2NC(=O)O[C@H](C)c2ccccc2)ccc1NC(=O)[C@H]1CCCC[C@@H]1C(=O)O. The zero-order chi connectivity index (χ0) is 26.5. The lowest BCUT2D eigenvalue weighted by molar-refractivity contribution is -0.147. The number of aryl methyl sites for hydroxylation is 2. The smallest absolute Gasteiger partial charge is 0.413 e. The topological polar surface area (TPSA) is 135 Å². The van der Waals surface area contributed by atoms with Crippen molar-refractivity contribution in [3.63, 3.8) is 0 Å². The molecule has 0 saturated heterocycles. The number of nitrogens with zero attached hydrogens (tertiary/aromatic N) is 3. The second kappa shape index (κ2) is 11.2. The average molecular weight is 506 g/mol. The van der Waals surface area contributed by atoms with Crippen LogP contribution in [0.15, 0.2) is 48.7 Å². The van der Waals surface area contributed by atoms with Gasteiger partial charge in [0.2, 0.25) is 5.91 Å². The summed E-state index contributed by atoms with van der Waals surface area (Å²) < 4.78 is 7.04. The number of aliphatic carboxylic acids is 1. The lowest BCUT2D eigenvalue weighted by Crippen LogP contribution is -2.36. The van der Waals surface area contributed by atoms with Gasteiger partial charge in [0.05, 0.1) is 40.7 Å². The highest BCUT2D eigenvalue weighted by atomic mass is 16.6. The molecule has 0 unspecified atom stereocenters. The van der Waals surface area contributed by atoms with Crippen LogP contribution in [0.2, 0.25) is 0 Å². The number of anilines is 2. The van der Waals surface area contributed by atoms with Crippen LogP contribution in [0.4, 0.5) is 16.3 Å². The molecule has 1 aliphatic carbocycles. The van der Waals surface area contributed by atoms with Gasteiger partial charge in [0.15, 0.2) is 0 Å². The maximum atomic E-state index is 12.9. The Bertz CT molecular complexity index is 1290. The lowest BCUT2D eigenvalue weighted by Gasteiger charge is -2.27. The summed E-state index contributed by atoms with van der Waals surface area (Å²) in [6.45, 7) is 3.55. The van der Waals surface area contributed by atoms with Crippen LogP contribution in [0, 0.1) is 18.8 Å². The number of pyridine rings is 1. The first-order chi connectivity index (χ1) is 17.7. The van der Waals surface area contributed by atoms with Crippen molar-refractivity contribution in [3.05, 3.63) is 59.9 Å². The quantitative estimate of drug-likeness (QED) is 0.414. The van der Waals surface area contributed by atoms with Crippen LogP contribution in [-0.2, 0) is 21.4 Å². The van der Waals surface area contributed by atoms with E-state index >= 15 is 0 Å². The Balaban J connectivity index is 1.47. The molecule has 10 nitrogen and oxygen atoms in total. The largest absolute Gasteiger partial charge is 0.481 e. The summed E-state index contributed by atoms with van der Waals surface area (Å²) in [6.07, 6.45) is 3.24. The van der Waals surface area contributed by atoms with Gasteiger partial charge in [0.25, 0.3) is 0 Å². The summed E-state index contributed by atoms with van der Waals surface area (Å²) in [5.41, 5.74) is 3.09. The molecule has 0 radical (unpaired) electrons. The number of aromatic nitrogens is 3. The van der Waals surface area contributed by atoms with Gasteiger partial charge >= 0.3 is 12.1 Å². The Hall–Kier alpha value is -4.21. The number of ether oxygens (including phenoxy) is 1. The molecule has 1 aliphatic rings. The molecule has 1 fully saturated rings. The molecule has 4 rings (SSSR count). The summed E-state index contributed by atoms with van der Waals surface area (Å²) in [7, 11) is 1.70. The number of carbonyl (C=O) groups is 3. The van der Waals surface area contributed by atoms with E-state index in [1.54, 1.807) is 39.2 Å². The number of carboxylic acids is 1. The molecule has 194 valence electrons. The molecule has 0 spiro atoms. The molecule has 0 bridgehead atoms. The zero-order valence-electron chi connectivity index (χ0n) is 21.1. The van der Waals surface area contributed by atoms with Crippen LogP contribution in [0.3, 0.4) is 0 Å². The highest BCUT2D eigenvalue weighted by Gasteiger charge is 2.35. The number of amides is 2. The van der Waals surface area contributed by atoms with Crippen molar-refractivity contribution in [2.45, 2.75) is 45.6 Å². The van der Waals surface area contributed by atoms with E-state index in [-0.39, 0.29) is 5.91 Å². The first kappa shape index (κ1) is 25.9. The van der Waals surface area contributed by atoms with Crippen LogP contribution < -0.4 is 10.6 Å². The van der Waals surface area contributed by atoms with Crippen molar-refractivity contribution in [2.24, 2.45) is 18.9 Å². The van der Waals surface area contributed by atoms with Crippen LogP contribution in [0.5, 0.6) is 0 Å². The second-order valence-electron chi connectivity index (χ2n) is 9.27. The summed E-state index contributed by atoms with van der Waals surface area (Å²) in [5.74, 6) is -2.05. The molecule has 3 N–H and O–H groups in total. The Morgan fingerprint density at radius 2 is 1.76 bits per heavy atom. The zero-order valence-corrected chi connectivity index (χ0v) is 21.1. The molecule has 10 heteroatoms. The van der Waals surface area contributed by atoms with Gasteiger partial charge < -0.3 is 15.2 Å². The average Bonchev–Trinajstić information content (AvgIpc) is 3.25. The second-order valence-corrected chi connectivity index (χ2v) is 9.27. The van der Waals surface area contributed by atoms with Gasteiger partial charge in [-0.2, -0.15) is 5.10 Å². The van der Waals surface area contributed by atoms with E-state index in [1.807, 2.05) is 30.3 Å². The van der Waals surface area contributed by atoms with Crippen molar-refractivity contribution in [3.8, 4) is 11.3 Å². The Kier molecular flexibility index (Phi) is 7.86. The Morgan fingerprint density at radius 3 is 2.43 bits per heavy atom. The number of rotatable bonds is 7. The molecule has 3 atom stereocenters. The van der Waals surface area contributed by atoms with E-state index in [2.05, 4.69) is 20.7 Å². The molecule has 2 aromatic heterocycles. The van der Waals surface area contributed by atoms with Crippen LogP contribution in [-0.4, -0.2) is 37.8 Å². The van der Waals surface area contributed by atoms with Gasteiger partial charge in [-0.1, -0.05) is 43.2 Å². The molecule has 37 heavy (non-hydrogen) atoms. The van der Waals surface area contributed by atoms with Crippen molar-refractivity contribution in [2.75, 3.05) is 10.6 Å². The third kappa shape index (κ3) is 5.96. The monoisotopic (exact) mass is 505 g/mol. The number of carbonyl (C=O) groups excluding carboxylic acids is 2. The minimum absolute atomic E-state index is 0.302. The van der Waals surface area contributed by atoms with E-state index in [9.17, 15) is 19.5 Å². The minimum Gasteiger partial charge on any atom is -0.481 e. The predicted molar refractivity (Wildman–Crippen MR) is 138 cm³/mol. The summed E-state index contributed by atoms with van der Waals surface area (Å²) in [5, 5.41) is 19.4. The summed E-state index contributed by atoms with van der Waals surface area (Å²) >= 11 is 0. The van der Waals surface area contributed by atoms with Crippen LogP contribution in [0.1, 0.15) is 50.0 Å². The van der Waals surface area contributed by atoms with Crippen molar-refractivity contribution >= 4 is 29.5 Å². The first-order valence-electron chi connectivity index (χ1n) is 12.3. The van der Waals surface area contributed by atoms with Crippen LogP contribution in [0.25, 0.3) is 11.3 Å². The Morgan fingerprint density at radius 1 is 1.05 bits per heavy atom. The fourth-order valence-corrected chi connectivity index (χ4v) is 4.66. The first-order valence-corrected chi connectivity index (χ1v) is 12.3. The van der Waals surface area contributed by atoms with Gasteiger partial charge in [-0.3, -0.25) is 24.6 Å². The lowest BCUT2D eigenvalue weighted by atomic mass is 9.78. The van der Waals surface area contributed by atoms with Crippen molar-refractivity contribution < 1.29 is 24.2 Å². The molecule has 3 aromatic rings. The molecule has 1 saturated carbocycles. The highest BCUT2D eigenvalue weighted by Crippen LogP contribution is 2.32. The maximum absolute atomic E-state index is 12.9. The molecule has 2 amide bonds. The number of benzene rings is 1. The van der Waals surface area contributed by atoms with Crippen LogP contribution >= 0.6 is 0 Å². The maximum Gasteiger partial charge on any atom is 0.413 e. The molecular weight excluding hydrogens is 474 g/mol. The van der Waals surface area contributed by atoms with E-state index in [1.165, 1.54) is 4.68 Å². The van der Waals surface area contributed by atoms with E-state index in [4.69, 9.17) is 4.74 Å². The summed E-state index contributed by atoms with van der Waals surface area (Å²) in [6, 6.07) is 12.9. The van der Waals surface area contributed by atoms with Gasteiger partial charge in [0, 0.05) is 7.05 Å². The number of carboxylic acid groups (broad SMARTS) is 1. The molecule has 0 aliphatic heterocycles. The van der Waals surface area contributed by atoms with Gasteiger partial charge in [-0.05, 0) is 44.4 Å². The fraction of sp³-hybridized carbons (Fsp3) is 0.370. The van der Waals surface area contributed by atoms with Gasteiger partial charge in [-0.25, -0.2) is 4.79 Å². The van der Waals surface area contributed by atoms with Crippen molar-refractivity contribution in [1.29, 1.82) is 0 Å². The third-order valence-electron chi connectivity index (χ3n) is 6.75. The number of nitrogens with one attached hydrogen (secondary N) is 2. The van der Waals surface area contributed by atoms with Gasteiger partial charge in [0.1, 0.15) is 11.9 Å². The van der Waals surface area contributed by atoms with E-state index in [0.29, 0.717) is 41.3 Å². The molecular formula is C27H31N5O5. The molecule has 1 aromatic carbocycles. The normalized spacial score (nSPS) is 18.0. The van der Waals surface area contributed by atoms with Gasteiger partial charge in [-0.15, -0.1) is 0 Å². The third-order valence-corrected chi connectivity index (χ3v) is 6.75. The standard InChI is InChI=1S/C27H31N5O5/c1-16-22(30-25(33)19-11-7-8-12-20(19)26(34)35)13-14-23(29-16)21-15-28-32(3)24(21)31-27(36)37-17(2)18-9-5-4-6-10-18/h4-6,9-10,13-15,17,19-20H,7-8,11-12H2,1-3H3,(H,30,33)(H,31,36)(H,34,35)/t17-,19+,20+/m1/s1. The highest BCUT2D eigenvalue weighted by molar-refractivity contribution is 5.96. The minimum atomic E-state index is -0.932.